The molecule has 5 N–H and O–H groups in total. The predicted octanol–water partition coefficient (Wildman–Crippen LogP) is 0.839. The first-order chi connectivity index (χ1) is 14.6. The second-order valence-electron chi connectivity index (χ2n) is 6.80. The number of carboxylic acid groups (broad SMARTS) is 1. The van der Waals surface area contributed by atoms with Crippen LogP contribution >= 0.6 is 22.6 Å². The molecule has 1 aromatic rings. The number of nitrogens with two attached hydrogens (primary N) is 2. The molecule has 166 valence electrons. The Labute approximate surface area is 190 Å². The van der Waals surface area contributed by atoms with Crippen LogP contribution < -0.4 is 11.5 Å². The zero-order valence-corrected chi connectivity index (χ0v) is 18.5. The molecule has 2 rings (SSSR count). The van der Waals surface area contributed by atoms with E-state index in [0.29, 0.717) is 15.1 Å². The van der Waals surface area contributed by atoms with E-state index >= 15 is 0 Å². The average Bonchev–Trinajstić information content (AvgIpc) is 3.01. The molecule has 12 heteroatoms. The van der Waals surface area contributed by atoms with Crippen LogP contribution in [0.2, 0.25) is 0 Å². The van der Waals surface area contributed by atoms with Crippen molar-refractivity contribution in [2.24, 2.45) is 22.4 Å². The molecule has 0 unspecified atom stereocenters. The predicted molar refractivity (Wildman–Crippen MR) is 116 cm³/mol. The maximum atomic E-state index is 12.7. The number of aliphatic carboxylic acids is 1. The van der Waals surface area contributed by atoms with E-state index in [9.17, 15) is 29.1 Å². The standard InChI is InChI=1S/C19H21IN4O7/c20-13-7-11(14(25)9-10(17(28)29)2-1-5-23-19(21)22)6-12(8-13)18(30)31-24-15(26)3-4-16(24)27/h6-8,10H,1-5,9H2,(H,28,29)(H4,21,22,23)/t10-/m1/s1. The highest BCUT2D eigenvalue weighted by molar-refractivity contribution is 14.1. The molecule has 0 bridgehead atoms. The molecule has 1 fully saturated rings. The molecule has 1 saturated heterocycles. The summed E-state index contributed by atoms with van der Waals surface area (Å²) in [6.45, 7) is 0.244. The number of hydroxylamine groups is 2. The van der Waals surface area contributed by atoms with Gasteiger partial charge in [0.2, 0.25) is 0 Å². The second-order valence-corrected chi connectivity index (χ2v) is 8.05. The number of hydrogen-bond donors (Lipinski definition) is 3. The topological polar surface area (TPSA) is 182 Å². The fourth-order valence-electron chi connectivity index (χ4n) is 2.86. The number of aliphatic imine (C=N–C) groups is 1. The molecular weight excluding hydrogens is 523 g/mol. The van der Waals surface area contributed by atoms with E-state index in [1.54, 1.807) is 0 Å². The van der Waals surface area contributed by atoms with Gasteiger partial charge in [-0.1, -0.05) is 0 Å². The molecule has 0 saturated carbocycles. The van der Waals surface area contributed by atoms with Crippen LogP contribution in [0.25, 0.3) is 0 Å². The molecule has 1 heterocycles. The van der Waals surface area contributed by atoms with E-state index in [2.05, 4.69) is 4.99 Å². The van der Waals surface area contributed by atoms with Crippen LogP contribution in [0.4, 0.5) is 0 Å². The lowest BCUT2D eigenvalue weighted by molar-refractivity contribution is -0.172. The van der Waals surface area contributed by atoms with Gasteiger partial charge in [0, 0.05) is 34.9 Å². The van der Waals surface area contributed by atoms with Gasteiger partial charge < -0.3 is 21.4 Å². The van der Waals surface area contributed by atoms with Crippen LogP contribution in [-0.2, 0) is 19.2 Å². The Kier molecular flexibility index (Phi) is 8.47. The number of carbonyl (C=O) groups excluding carboxylic acids is 4. The molecule has 2 amide bonds. The summed E-state index contributed by atoms with van der Waals surface area (Å²) in [4.78, 5) is 68.4. The molecule has 11 nitrogen and oxygen atoms in total. The Hall–Kier alpha value is -3.03. The minimum absolute atomic E-state index is 0.0395. The largest absolute Gasteiger partial charge is 0.481 e. The number of carbonyl (C=O) groups is 5. The highest BCUT2D eigenvalue weighted by atomic mass is 127. The third kappa shape index (κ3) is 7.01. The van der Waals surface area contributed by atoms with Crippen molar-refractivity contribution in [3.63, 3.8) is 0 Å². The molecule has 0 radical (unpaired) electrons. The molecule has 1 aromatic carbocycles. The van der Waals surface area contributed by atoms with Crippen LogP contribution in [0.15, 0.2) is 23.2 Å². The molecule has 0 aromatic heterocycles. The minimum atomic E-state index is -1.13. The van der Waals surface area contributed by atoms with Gasteiger partial charge in [0.1, 0.15) is 0 Å². The Morgan fingerprint density at radius 2 is 1.74 bits per heavy atom. The number of nitrogens with zero attached hydrogens (tertiary/aromatic N) is 2. The van der Waals surface area contributed by atoms with Crippen molar-refractivity contribution in [1.29, 1.82) is 0 Å². The van der Waals surface area contributed by atoms with Gasteiger partial charge in [0.05, 0.1) is 11.5 Å². The molecule has 0 aliphatic carbocycles. The molecular formula is C19H21IN4O7. The number of hydrogen-bond acceptors (Lipinski definition) is 7. The number of amides is 2. The van der Waals surface area contributed by atoms with Crippen LogP contribution in [0.1, 0.15) is 52.8 Å². The van der Waals surface area contributed by atoms with E-state index in [1.165, 1.54) is 18.2 Å². The highest BCUT2D eigenvalue weighted by Crippen LogP contribution is 2.21. The molecule has 31 heavy (non-hydrogen) atoms. The summed E-state index contributed by atoms with van der Waals surface area (Å²) in [5, 5.41) is 9.82. The lowest BCUT2D eigenvalue weighted by Crippen LogP contribution is -2.32. The fourth-order valence-corrected chi connectivity index (χ4v) is 3.53. The Morgan fingerprint density at radius 1 is 1.13 bits per heavy atom. The van der Waals surface area contributed by atoms with Gasteiger partial charge in [-0.2, -0.15) is 0 Å². The summed E-state index contributed by atoms with van der Waals surface area (Å²) in [6, 6.07) is 4.18. The zero-order chi connectivity index (χ0) is 23.1. The number of guanidine groups is 1. The summed E-state index contributed by atoms with van der Waals surface area (Å²) in [7, 11) is 0. The first-order valence-electron chi connectivity index (χ1n) is 9.28. The van der Waals surface area contributed by atoms with Gasteiger partial charge in [-0.05, 0) is 53.6 Å². The summed E-state index contributed by atoms with van der Waals surface area (Å²) >= 11 is 1.89. The van der Waals surface area contributed by atoms with Crippen LogP contribution in [0, 0.1) is 9.49 Å². The lowest BCUT2D eigenvalue weighted by Gasteiger charge is -2.14. The first kappa shape index (κ1) is 24.2. The van der Waals surface area contributed by atoms with Crippen molar-refractivity contribution in [2.75, 3.05) is 6.54 Å². The number of imide groups is 1. The monoisotopic (exact) mass is 544 g/mol. The smallest absolute Gasteiger partial charge is 0.363 e. The Balaban J connectivity index is 2.10. The van der Waals surface area contributed by atoms with Crippen molar-refractivity contribution in [3.8, 4) is 0 Å². The zero-order valence-electron chi connectivity index (χ0n) is 16.4. The first-order valence-corrected chi connectivity index (χ1v) is 10.4. The average molecular weight is 544 g/mol. The van der Waals surface area contributed by atoms with Gasteiger partial charge in [0.15, 0.2) is 11.7 Å². The van der Waals surface area contributed by atoms with Crippen LogP contribution in [0.5, 0.6) is 0 Å². The number of rotatable bonds is 10. The van der Waals surface area contributed by atoms with Gasteiger partial charge in [-0.15, -0.1) is 5.06 Å². The minimum Gasteiger partial charge on any atom is -0.481 e. The summed E-state index contributed by atoms with van der Waals surface area (Å²) < 4.78 is 0.522. The Morgan fingerprint density at radius 3 is 2.32 bits per heavy atom. The van der Waals surface area contributed by atoms with Crippen molar-refractivity contribution in [2.45, 2.75) is 32.1 Å². The lowest BCUT2D eigenvalue weighted by atomic mass is 9.93. The number of benzene rings is 1. The molecule has 1 atom stereocenters. The number of Topliss-reactive ketones (excluding diaryl/α,β-unsaturated/α-hetero) is 1. The maximum Gasteiger partial charge on any atom is 0.363 e. The molecule has 1 aliphatic rings. The van der Waals surface area contributed by atoms with Crippen molar-refractivity contribution in [1.82, 2.24) is 5.06 Å². The maximum absolute atomic E-state index is 12.7. The van der Waals surface area contributed by atoms with E-state index in [4.69, 9.17) is 16.3 Å². The Bertz CT molecular complexity index is 927. The van der Waals surface area contributed by atoms with Crippen molar-refractivity contribution in [3.05, 3.63) is 32.9 Å². The highest BCUT2D eigenvalue weighted by Gasteiger charge is 2.33. The van der Waals surface area contributed by atoms with Gasteiger partial charge >= 0.3 is 11.9 Å². The summed E-state index contributed by atoms with van der Waals surface area (Å²) in [5.74, 6) is -4.86. The third-order valence-electron chi connectivity index (χ3n) is 4.42. The quantitative estimate of drug-likeness (QED) is 0.0960. The van der Waals surface area contributed by atoms with Crippen LogP contribution in [-0.4, -0.2) is 52.2 Å². The normalized spacial score (nSPS) is 14.3. The van der Waals surface area contributed by atoms with E-state index in [-0.39, 0.29) is 49.3 Å². The molecule has 1 aliphatic heterocycles. The number of halogens is 1. The van der Waals surface area contributed by atoms with E-state index in [0.717, 1.165) is 0 Å². The SMILES string of the molecule is NC(N)=NCCC[C@H](CC(=O)c1cc(I)cc(C(=O)ON2C(=O)CCC2=O)c1)C(=O)O. The molecule has 0 spiro atoms. The van der Waals surface area contributed by atoms with Gasteiger partial charge in [-0.25, -0.2) is 4.79 Å². The van der Waals surface area contributed by atoms with Gasteiger partial charge in [0.25, 0.3) is 11.8 Å². The third-order valence-corrected chi connectivity index (χ3v) is 5.04. The van der Waals surface area contributed by atoms with Crippen LogP contribution in [0.3, 0.4) is 0 Å². The second kappa shape index (κ2) is 10.8. The number of ketones is 1. The van der Waals surface area contributed by atoms with E-state index < -0.39 is 35.5 Å². The van der Waals surface area contributed by atoms with Crippen molar-refractivity contribution < 1.29 is 33.9 Å². The van der Waals surface area contributed by atoms with Crippen molar-refractivity contribution >= 4 is 58.1 Å². The fraction of sp³-hybridized carbons (Fsp3) is 0.368. The van der Waals surface area contributed by atoms with E-state index in [1.807, 2.05) is 22.6 Å². The van der Waals surface area contributed by atoms with Gasteiger partial charge in [-0.3, -0.25) is 24.2 Å². The number of carboxylic acids is 1. The summed E-state index contributed by atoms with van der Waals surface area (Å²) in [5.41, 5.74) is 10.5. The summed E-state index contributed by atoms with van der Waals surface area (Å²) in [6.07, 6.45) is 0.207.